The highest BCUT2D eigenvalue weighted by Gasteiger charge is 2.38. The Labute approximate surface area is 108 Å². The summed E-state index contributed by atoms with van der Waals surface area (Å²) in [6.07, 6.45) is 7.05. The Morgan fingerprint density at radius 2 is 1.94 bits per heavy atom. The van der Waals surface area contributed by atoms with E-state index in [9.17, 15) is 0 Å². The third-order valence-corrected chi connectivity index (χ3v) is 5.10. The van der Waals surface area contributed by atoms with E-state index in [4.69, 9.17) is 0 Å². The monoisotopic (exact) mass is 240 g/mol. The van der Waals surface area contributed by atoms with Crippen LogP contribution in [-0.2, 0) is 0 Å². The molecule has 1 aliphatic rings. The van der Waals surface area contributed by atoms with Crippen LogP contribution in [0.3, 0.4) is 0 Å². The van der Waals surface area contributed by atoms with Gasteiger partial charge >= 0.3 is 0 Å². The van der Waals surface area contributed by atoms with Crippen molar-refractivity contribution in [2.75, 3.05) is 21.1 Å². The molecule has 0 radical (unpaired) electrons. The van der Waals surface area contributed by atoms with Crippen molar-refractivity contribution < 1.29 is 0 Å². The lowest BCUT2D eigenvalue weighted by Gasteiger charge is -2.46. The van der Waals surface area contributed by atoms with Gasteiger partial charge in [0.1, 0.15) is 0 Å². The van der Waals surface area contributed by atoms with E-state index in [0.717, 1.165) is 11.8 Å². The highest BCUT2D eigenvalue weighted by Crippen LogP contribution is 2.36. The smallest absolute Gasteiger partial charge is 0.0302 e. The summed E-state index contributed by atoms with van der Waals surface area (Å²) in [6.45, 7) is 7.08. The lowest BCUT2D eigenvalue weighted by Crippen LogP contribution is -2.58. The minimum Gasteiger partial charge on any atom is -0.315 e. The van der Waals surface area contributed by atoms with Crippen LogP contribution < -0.4 is 5.32 Å². The average Bonchev–Trinajstić information content (AvgIpc) is 2.29. The van der Waals surface area contributed by atoms with Gasteiger partial charge in [0.05, 0.1) is 0 Å². The molecule has 2 heteroatoms. The fourth-order valence-electron chi connectivity index (χ4n) is 3.45. The van der Waals surface area contributed by atoms with Gasteiger partial charge in [0.25, 0.3) is 0 Å². The summed E-state index contributed by atoms with van der Waals surface area (Å²) in [5.41, 5.74) is 0.231. The molecule has 0 aromatic rings. The quantitative estimate of drug-likeness (QED) is 0.794. The maximum atomic E-state index is 3.60. The molecule has 0 bridgehead atoms. The normalized spacial score (nSPS) is 28.4. The first-order chi connectivity index (χ1) is 7.93. The van der Waals surface area contributed by atoms with Crippen molar-refractivity contribution in [3.8, 4) is 0 Å². The van der Waals surface area contributed by atoms with Gasteiger partial charge in [-0.2, -0.15) is 0 Å². The van der Waals surface area contributed by atoms with Crippen LogP contribution in [0.15, 0.2) is 0 Å². The van der Waals surface area contributed by atoms with E-state index < -0.39 is 0 Å². The van der Waals surface area contributed by atoms with Crippen LogP contribution in [0.25, 0.3) is 0 Å². The van der Waals surface area contributed by atoms with Gasteiger partial charge in [-0.05, 0) is 59.7 Å². The molecule has 2 nitrogen and oxygen atoms in total. The Hall–Kier alpha value is -0.0800. The molecule has 1 saturated carbocycles. The molecule has 0 aliphatic heterocycles. The molecule has 0 heterocycles. The predicted octanol–water partition coefficient (Wildman–Crippen LogP) is 3.13. The van der Waals surface area contributed by atoms with Crippen molar-refractivity contribution in [3.63, 3.8) is 0 Å². The van der Waals surface area contributed by atoms with Crippen molar-refractivity contribution in [2.24, 2.45) is 11.8 Å². The van der Waals surface area contributed by atoms with Crippen LogP contribution in [0.5, 0.6) is 0 Å². The largest absolute Gasteiger partial charge is 0.315 e. The maximum Gasteiger partial charge on any atom is 0.0302 e. The Bertz CT molecular complexity index is 223. The Balaban J connectivity index is 2.73. The summed E-state index contributed by atoms with van der Waals surface area (Å²) in [6, 6.07) is 0.604. The number of nitrogens with zero attached hydrogens (tertiary/aromatic N) is 1. The fraction of sp³-hybridized carbons (Fsp3) is 1.00. The van der Waals surface area contributed by atoms with Crippen molar-refractivity contribution in [3.05, 3.63) is 0 Å². The molecule has 1 rings (SSSR count). The summed E-state index contributed by atoms with van der Waals surface area (Å²) >= 11 is 0. The minimum absolute atomic E-state index is 0.231. The molecule has 17 heavy (non-hydrogen) atoms. The van der Waals surface area contributed by atoms with Crippen molar-refractivity contribution >= 4 is 0 Å². The Morgan fingerprint density at radius 1 is 1.29 bits per heavy atom. The first kappa shape index (κ1) is 15.0. The SMILES string of the molecule is CCC1CCCC(C(NC)C(C)(C)N(C)C)C1. The van der Waals surface area contributed by atoms with Gasteiger partial charge < -0.3 is 10.2 Å². The standard InChI is InChI=1S/C15H32N2/c1-7-12-9-8-10-13(11-12)14(16-4)15(2,3)17(5)6/h12-14,16H,7-11H2,1-6H3. The molecule has 0 amide bonds. The van der Waals surface area contributed by atoms with Crippen LogP contribution in [-0.4, -0.2) is 37.6 Å². The van der Waals surface area contributed by atoms with Crippen LogP contribution >= 0.6 is 0 Å². The fourth-order valence-corrected chi connectivity index (χ4v) is 3.45. The molecule has 102 valence electrons. The van der Waals surface area contributed by atoms with Gasteiger partial charge in [-0.25, -0.2) is 0 Å². The number of nitrogens with one attached hydrogen (secondary N) is 1. The molecule has 0 saturated heterocycles. The van der Waals surface area contributed by atoms with Gasteiger partial charge in [0, 0.05) is 11.6 Å². The second-order valence-corrected chi connectivity index (χ2v) is 6.52. The van der Waals surface area contributed by atoms with E-state index >= 15 is 0 Å². The summed E-state index contributed by atoms with van der Waals surface area (Å²) in [4.78, 5) is 2.36. The highest BCUT2D eigenvalue weighted by molar-refractivity contribution is 4.96. The zero-order valence-corrected chi connectivity index (χ0v) is 12.7. The van der Waals surface area contributed by atoms with E-state index in [-0.39, 0.29) is 5.54 Å². The minimum atomic E-state index is 0.231. The number of likely N-dealkylation sites (N-methyl/N-ethyl adjacent to an activating group) is 2. The van der Waals surface area contributed by atoms with E-state index in [1.54, 1.807) is 0 Å². The molecule has 3 unspecified atom stereocenters. The Morgan fingerprint density at radius 3 is 2.41 bits per heavy atom. The third-order valence-electron chi connectivity index (χ3n) is 5.10. The molecule has 1 aliphatic carbocycles. The van der Waals surface area contributed by atoms with Gasteiger partial charge in [-0.15, -0.1) is 0 Å². The summed E-state index contributed by atoms with van der Waals surface area (Å²) in [7, 11) is 6.53. The van der Waals surface area contributed by atoms with Gasteiger partial charge in [0.2, 0.25) is 0 Å². The van der Waals surface area contributed by atoms with Crippen molar-refractivity contribution in [1.29, 1.82) is 0 Å². The van der Waals surface area contributed by atoms with Crippen LogP contribution in [0.4, 0.5) is 0 Å². The molecular formula is C15H32N2. The zero-order chi connectivity index (χ0) is 13.1. The van der Waals surface area contributed by atoms with Gasteiger partial charge in [-0.3, -0.25) is 0 Å². The summed E-state index contributed by atoms with van der Waals surface area (Å²) < 4.78 is 0. The molecule has 1 N–H and O–H groups in total. The highest BCUT2D eigenvalue weighted by atomic mass is 15.2. The van der Waals surface area contributed by atoms with Crippen LogP contribution in [0.1, 0.15) is 52.9 Å². The molecule has 0 aromatic heterocycles. The molecule has 3 atom stereocenters. The predicted molar refractivity (Wildman–Crippen MR) is 76.4 cm³/mol. The average molecular weight is 240 g/mol. The second-order valence-electron chi connectivity index (χ2n) is 6.52. The molecular weight excluding hydrogens is 208 g/mol. The summed E-state index contributed by atoms with van der Waals surface area (Å²) in [5, 5.41) is 3.60. The molecule has 0 aromatic carbocycles. The zero-order valence-electron chi connectivity index (χ0n) is 12.7. The van der Waals surface area contributed by atoms with Gasteiger partial charge in [0.15, 0.2) is 0 Å². The van der Waals surface area contributed by atoms with Crippen LogP contribution in [0.2, 0.25) is 0 Å². The summed E-state index contributed by atoms with van der Waals surface area (Å²) in [5.74, 6) is 1.80. The van der Waals surface area contributed by atoms with E-state index in [2.05, 4.69) is 52.1 Å². The molecule has 1 fully saturated rings. The topological polar surface area (TPSA) is 15.3 Å². The first-order valence-corrected chi connectivity index (χ1v) is 7.28. The number of rotatable bonds is 5. The van der Waals surface area contributed by atoms with Crippen molar-refractivity contribution in [2.45, 2.75) is 64.5 Å². The maximum absolute atomic E-state index is 3.60. The number of hydrogen-bond acceptors (Lipinski definition) is 2. The van der Waals surface area contributed by atoms with E-state index in [0.29, 0.717) is 6.04 Å². The van der Waals surface area contributed by atoms with Crippen LogP contribution in [0, 0.1) is 11.8 Å². The van der Waals surface area contributed by atoms with E-state index in [1.807, 2.05) is 0 Å². The third kappa shape index (κ3) is 3.45. The molecule has 0 spiro atoms. The van der Waals surface area contributed by atoms with E-state index in [1.165, 1.54) is 32.1 Å². The lowest BCUT2D eigenvalue weighted by atomic mass is 9.72. The number of hydrogen-bond donors (Lipinski definition) is 1. The van der Waals surface area contributed by atoms with Crippen molar-refractivity contribution in [1.82, 2.24) is 10.2 Å². The second kappa shape index (κ2) is 6.19. The lowest BCUT2D eigenvalue weighted by molar-refractivity contribution is 0.0796. The Kier molecular flexibility index (Phi) is 5.46. The van der Waals surface area contributed by atoms with Gasteiger partial charge in [-0.1, -0.05) is 26.2 Å². The first-order valence-electron chi connectivity index (χ1n) is 7.28.